The van der Waals surface area contributed by atoms with Crippen molar-refractivity contribution in [1.82, 2.24) is 15.2 Å². The van der Waals surface area contributed by atoms with E-state index in [2.05, 4.69) is 41.1 Å². The quantitative estimate of drug-likeness (QED) is 0.766. The molecule has 1 rings (SSSR count). The second-order valence-corrected chi connectivity index (χ2v) is 5.47. The highest BCUT2D eigenvalue weighted by atomic mass is 32.1. The van der Waals surface area contributed by atoms with Gasteiger partial charge in [-0.3, -0.25) is 0 Å². The van der Waals surface area contributed by atoms with Gasteiger partial charge in [-0.25, -0.2) is 4.98 Å². The Bertz CT molecular complexity index is 311. The number of anilines is 1. The van der Waals surface area contributed by atoms with Crippen LogP contribution in [0, 0.1) is 0 Å². The van der Waals surface area contributed by atoms with Crippen molar-refractivity contribution < 1.29 is 0 Å². The van der Waals surface area contributed by atoms with Crippen LogP contribution in [0.2, 0.25) is 0 Å². The molecule has 0 bridgehead atoms. The fourth-order valence-electron chi connectivity index (χ4n) is 1.67. The first-order valence-electron chi connectivity index (χ1n) is 6.16. The van der Waals surface area contributed by atoms with Crippen LogP contribution in [0.1, 0.15) is 18.2 Å². The van der Waals surface area contributed by atoms with E-state index in [-0.39, 0.29) is 0 Å². The van der Waals surface area contributed by atoms with Crippen molar-refractivity contribution in [3.05, 3.63) is 11.1 Å². The van der Waals surface area contributed by atoms with Crippen LogP contribution in [0.3, 0.4) is 0 Å². The Morgan fingerprint density at radius 3 is 2.71 bits per heavy atom. The molecule has 0 aliphatic heterocycles. The number of nitrogens with one attached hydrogen (secondary N) is 1. The molecule has 0 aliphatic carbocycles. The summed E-state index contributed by atoms with van der Waals surface area (Å²) < 4.78 is 0. The molecular formula is C12H24N4S. The number of aromatic nitrogens is 1. The van der Waals surface area contributed by atoms with Gasteiger partial charge in [-0.2, -0.15) is 0 Å². The second kappa shape index (κ2) is 7.63. The summed E-state index contributed by atoms with van der Waals surface area (Å²) in [5.74, 6) is 0. The summed E-state index contributed by atoms with van der Waals surface area (Å²) in [6.07, 6.45) is 3.16. The fraction of sp³-hybridized carbons (Fsp3) is 0.750. The Kier molecular flexibility index (Phi) is 6.47. The lowest BCUT2D eigenvalue weighted by Crippen LogP contribution is -2.26. The molecule has 0 amide bonds. The summed E-state index contributed by atoms with van der Waals surface area (Å²) >= 11 is 1.79. The molecule has 0 saturated heterocycles. The maximum atomic E-state index is 4.49. The highest BCUT2D eigenvalue weighted by Crippen LogP contribution is 2.22. The van der Waals surface area contributed by atoms with Crippen LogP contribution < -0.4 is 10.2 Å². The number of thiazole rings is 1. The van der Waals surface area contributed by atoms with Crippen LogP contribution in [0.5, 0.6) is 0 Å². The molecule has 1 aromatic rings. The minimum absolute atomic E-state index is 0.910. The Labute approximate surface area is 109 Å². The van der Waals surface area contributed by atoms with E-state index in [0.29, 0.717) is 0 Å². The molecule has 0 fully saturated rings. The predicted molar refractivity (Wildman–Crippen MR) is 75.9 cm³/mol. The van der Waals surface area contributed by atoms with E-state index in [0.717, 1.165) is 31.3 Å². The minimum atomic E-state index is 0.910. The summed E-state index contributed by atoms with van der Waals surface area (Å²) in [7, 11) is 6.20. The third-order valence-corrected chi connectivity index (χ3v) is 3.64. The van der Waals surface area contributed by atoms with Gasteiger partial charge in [-0.15, -0.1) is 11.3 Å². The van der Waals surface area contributed by atoms with E-state index < -0.39 is 0 Å². The van der Waals surface area contributed by atoms with Crippen LogP contribution >= 0.6 is 11.3 Å². The third kappa shape index (κ3) is 5.02. The van der Waals surface area contributed by atoms with Crippen LogP contribution in [-0.2, 0) is 6.54 Å². The smallest absolute Gasteiger partial charge is 0.185 e. The molecule has 0 unspecified atom stereocenters. The monoisotopic (exact) mass is 256 g/mol. The molecule has 5 heteroatoms. The molecule has 0 spiro atoms. The maximum Gasteiger partial charge on any atom is 0.185 e. The highest BCUT2D eigenvalue weighted by Gasteiger charge is 2.09. The summed E-state index contributed by atoms with van der Waals surface area (Å²) in [6.45, 7) is 6.34. The van der Waals surface area contributed by atoms with Crippen molar-refractivity contribution >= 4 is 16.5 Å². The van der Waals surface area contributed by atoms with Crippen molar-refractivity contribution in [3.63, 3.8) is 0 Å². The Morgan fingerprint density at radius 2 is 2.12 bits per heavy atom. The SMILES string of the molecule is CCN(CCCN(C)C)c1ncc(CNC)s1. The highest BCUT2D eigenvalue weighted by molar-refractivity contribution is 7.15. The van der Waals surface area contributed by atoms with Gasteiger partial charge in [0.15, 0.2) is 5.13 Å². The van der Waals surface area contributed by atoms with Gasteiger partial charge in [0, 0.05) is 30.7 Å². The summed E-state index contributed by atoms with van der Waals surface area (Å²) in [4.78, 5) is 10.4. The first-order valence-corrected chi connectivity index (χ1v) is 6.98. The molecule has 0 aromatic carbocycles. The zero-order valence-corrected chi connectivity index (χ0v) is 12.2. The van der Waals surface area contributed by atoms with E-state index in [1.165, 1.54) is 11.3 Å². The molecule has 0 atom stereocenters. The van der Waals surface area contributed by atoms with Crippen molar-refractivity contribution in [1.29, 1.82) is 0 Å². The Balaban J connectivity index is 2.47. The zero-order valence-electron chi connectivity index (χ0n) is 11.4. The van der Waals surface area contributed by atoms with Crippen molar-refractivity contribution in [3.8, 4) is 0 Å². The van der Waals surface area contributed by atoms with Gasteiger partial charge in [0.05, 0.1) is 0 Å². The Morgan fingerprint density at radius 1 is 1.35 bits per heavy atom. The third-order valence-electron chi connectivity index (χ3n) is 2.58. The van der Waals surface area contributed by atoms with Crippen molar-refractivity contribution in [2.75, 3.05) is 45.7 Å². The number of hydrogen-bond acceptors (Lipinski definition) is 5. The summed E-state index contributed by atoms with van der Waals surface area (Å²) in [5, 5.41) is 4.31. The number of nitrogens with zero attached hydrogens (tertiary/aromatic N) is 3. The van der Waals surface area contributed by atoms with Crippen LogP contribution in [0.15, 0.2) is 6.20 Å². The zero-order chi connectivity index (χ0) is 12.7. The molecule has 1 heterocycles. The minimum Gasteiger partial charge on any atom is -0.348 e. The van der Waals surface area contributed by atoms with E-state index in [9.17, 15) is 0 Å². The average molecular weight is 256 g/mol. The second-order valence-electron chi connectivity index (χ2n) is 4.38. The normalized spacial score (nSPS) is 11.1. The van der Waals surface area contributed by atoms with Gasteiger partial charge in [0.25, 0.3) is 0 Å². The van der Waals surface area contributed by atoms with Crippen molar-refractivity contribution in [2.24, 2.45) is 0 Å². The van der Waals surface area contributed by atoms with Gasteiger partial charge >= 0.3 is 0 Å². The van der Waals surface area contributed by atoms with Gasteiger partial charge in [-0.1, -0.05) is 0 Å². The molecule has 1 N–H and O–H groups in total. The van der Waals surface area contributed by atoms with Gasteiger partial charge in [0.1, 0.15) is 0 Å². The van der Waals surface area contributed by atoms with Crippen molar-refractivity contribution in [2.45, 2.75) is 19.9 Å². The molecule has 0 radical (unpaired) electrons. The van der Waals surface area contributed by atoms with Gasteiger partial charge < -0.3 is 15.1 Å². The van der Waals surface area contributed by atoms with Crippen LogP contribution in [0.4, 0.5) is 5.13 Å². The lowest BCUT2D eigenvalue weighted by atomic mass is 10.4. The Hall–Kier alpha value is -0.650. The van der Waals surface area contributed by atoms with E-state index in [1.54, 1.807) is 11.3 Å². The molecule has 4 nitrogen and oxygen atoms in total. The standard InChI is InChI=1S/C12H24N4S/c1-5-16(8-6-7-15(3)4)12-14-10-11(17-12)9-13-2/h10,13H,5-9H2,1-4H3. The number of hydrogen-bond donors (Lipinski definition) is 1. The molecule has 1 aromatic heterocycles. The molecular weight excluding hydrogens is 232 g/mol. The molecule has 0 saturated carbocycles. The predicted octanol–water partition coefficient (Wildman–Crippen LogP) is 1.64. The topological polar surface area (TPSA) is 31.4 Å². The van der Waals surface area contributed by atoms with Crippen LogP contribution in [-0.4, -0.2) is 50.7 Å². The molecule has 98 valence electrons. The maximum absolute atomic E-state index is 4.49. The first-order chi connectivity index (χ1) is 8.17. The summed E-state index contributed by atoms with van der Waals surface area (Å²) in [6, 6.07) is 0. The van der Waals surface area contributed by atoms with Gasteiger partial charge in [-0.05, 0) is 41.0 Å². The summed E-state index contributed by atoms with van der Waals surface area (Å²) in [5.41, 5.74) is 0. The molecule has 0 aliphatic rings. The largest absolute Gasteiger partial charge is 0.348 e. The van der Waals surface area contributed by atoms with E-state index in [1.807, 2.05) is 13.2 Å². The van der Waals surface area contributed by atoms with E-state index >= 15 is 0 Å². The number of rotatable bonds is 8. The molecule has 17 heavy (non-hydrogen) atoms. The average Bonchev–Trinajstić information content (AvgIpc) is 2.73. The van der Waals surface area contributed by atoms with Gasteiger partial charge in [0.2, 0.25) is 0 Å². The van der Waals surface area contributed by atoms with Crippen LogP contribution in [0.25, 0.3) is 0 Å². The fourth-order valence-corrected chi connectivity index (χ4v) is 2.68. The van der Waals surface area contributed by atoms with E-state index in [4.69, 9.17) is 0 Å². The first kappa shape index (κ1) is 14.4. The lowest BCUT2D eigenvalue weighted by Gasteiger charge is -2.20. The lowest BCUT2D eigenvalue weighted by molar-refractivity contribution is 0.400.